The van der Waals surface area contributed by atoms with E-state index < -0.39 is 26.4 Å². The van der Waals surface area contributed by atoms with Gasteiger partial charge in [-0.15, -0.1) is 0 Å². The topological polar surface area (TPSA) is 63.6 Å². The molecule has 1 N–H and O–H groups in total. The molecule has 0 aromatic heterocycles. The maximum atomic E-state index is 12.5. The molecule has 3 aromatic rings. The highest BCUT2D eigenvalue weighted by Crippen LogP contribution is 2.11. The second-order valence-corrected chi connectivity index (χ2v) is 10.6. The molecule has 0 radical (unpaired) electrons. The minimum absolute atomic E-state index is 0.0606. The Kier molecular flexibility index (Phi) is 6.42. The van der Waals surface area contributed by atoms with E-state index in [-0.39, 0.29) is 11.8 Å². The number of carbonyl (C=O) groups is 2. The lowest BCUT2D eigenvalue weighted by Crippen LogP contribution is -2.70. The third kappa shape index (κ3) is 4.52. The van der Waals surface area contributed by atoms with E-state index in [1.807, 2.05) is 54.6 Å². The van der Waals surface area contributed by atoms with E-state index in [2.05, 4.69) is 43.0 Å². The smallest absolute Gasteiger partial charge is 0.333 e. The molecule has 0 saturated heterocycles. The average molecular weight is 403 g/mol. The van der Waals surface area contributed by atoms with E-state index in [9.17, 15) is 9.59 Å². The van der Waals surface area contributed by atoms with E-state index in [0.29, 0.717) is 0 Å². The molecule has 0 saturated carbocycles. The van der Waals surface area contributed by atoms with Crippen molar-refractivity contribution in [1.82, 2.24) is 0 Å². The van der Waals surface area contributed by atoms with E-state index >= 15 is 0 Å². The first-order chi connectivity index (χ1) is 14.0. The van der Waals surface area contributed by atoms with Gasteiger partial charge in [0, 0.05) is 5.57 Å². The first-order valence-corrected chi connectivity index (χ1v) is 11.5. The van der Waals surface area contributed by atoms with Crippen molar-refractivity contribution in [2.45, 2.75) is 6.42 Å². The Labute approximate surface area is 171 Å². The second kappa shape index (κ2) is 9.17. The predicted molar refractivity (Wildman–Crippen MR) is 116 cm³/mol. The van der Waals surface area contributed by atoms with E-state index in [4.69, 9.17) is 9.84 Å². The number of hydrogen-bond donors (Lipinski definition) is 1. The van der Waals surface area contributed by atoms with E-state index in [1.54, 1.807) is 0 Å². The molecular formula is C24H22O4Si. The number of hydrogen-bond acceptors (Lipinski definition) is 3. The van der Waals surface area contributed by atoms with Crippen LogP contribution in [-0.4, -0.2) is 31.3 Å². The minimum atomic E-state index is -2.70. The summed E-state index contributed by atoms with van der Waals surface area (Å²) in [6, 6.07) is 30.1. The van der Waals surface area contributed by atoms with Crippen LogP contribution in [-0.2, 0) is 14.3 Å². The van der Waals surface area contributed by atoms with Gasteiger partial charge in [0.15, 0.2) is 8.07 Å². The summed E-state index contributed by atoms with van der Waals surface area (Å²) in [4.78, 5) is 23.4. The van der Waals surface area contributed by atoms with Crippen molar-refractivity contribution >= 4 is 35.6 Å². The predicted octanol–water partition coefficient (Wildman–Crippen LogP) is 2.27. The Morgan fingerprint density at radius 1 is 0.759 bits per heavy atom. The van der Waals surface area contributed by atoms with Gasteiger partial charge < -0.3 is 9.84 Å². The molecule has 3 aromatic carbocycles. The molecule has 29 heavy (non-hydrogen) atoms. The number of rotatable bonds is 8. The lowest BCUT2D eigenvalue weighted by Gasteiger charge is -2.33. The van der Waals surface area contributed by atoms with Crippen LogP contribution < -0.4 is 15.6 Å². The fourth-order valence-corrected chi connectivity index (χ4v) is 7.58. The largest absolute Gasteiger partial charge is 0.481 e. The number of esters is 1. The summed E-state index contributed by atoms with van der Waals surface area (Å²) in [6.45, 7) is 3.57. The summed E-state index contributed by atoms with van der Waals surface area (Å²) in [7, 11) is -2.70. The normalized spacial score (nSPS) is 10.9. The molecule has 0 aliphatic rings. The molecule has 0 aliphatic carbocycles. The molecule has 4 nitrogen and oxygen atoms in total. The van der Waals surface area contributed by atoms with Crippen LogP contribution in [0.1, 0.15) is 6.42 Å². The van der Waals surface area contributed by atoms with Crippen molar-refractivity contribution < 1.29 is 19.4 Å². The monoisotopic (exact) mass is 402 g/mol. The number of ether oxygens (including phenoxy) is 1. The molecule has 0 atom stereocenters. The Bertz CT molecular complexity index is 888. The summed E-state index contributed by atoms with van der Waals surface area (Å²) >= 11 is 0. The first-order valence-electron chi connectivity index (χ1n) is 9.27. The second-order valence-electron chi connectivity index (χ2n) is 6.75. The highest BCUT2D eigenvalue weighted by molar-refractivity contribution is 7.11. The maximum Gasteiger partial charge on any atom is 0.333 e. The van der Waals surface area contributed by atoms with E-state index in [1.165, 1.54) is 0 Å². The van der Waals surface area contributed by atoms with Crippen molar-refractivity contribution in [3.8, 4) is 0 Å². The number of carboxylic acid groups (broad SMARTS) is 1. The van der Waals surface area contributed by atoms with Crippen LogP contribution in [0.25, 0.3) is 0 Å². The van der Waals surface area contributed by atoms with Crippen molar-refractivity contribution in [2.75, 3.05) is 6.23 Å². The highest BCUT2D eigenvalue weighted by atomic mass is 28.3. The van der Waals surface area contributed by atoms with Crippen molar-refractivity contribution in [3.63, 3.8) is 0 Å². The van der Waals surface area contributed by atoms with Gasteiger partial charge >= 0.3 is 11.9 Å². The van der Waals surface area contributed by atoms with Gasteiger partial charge in [-0.05, 0) is 15.6 Å². The molecule has 3 rings (SSSR count). The molecule has 0 spiro atoms. The molecular weight excluding hydrogens is 380 g/mol. The zero-order valence-electron chi connectivity index (χ0n) is 16.0. The van der Waals surface area contributed by atoms with Crippen LogP contribution in [0.5, 0.6) is 0 Å². The van der Waals surface area contributed by atoms with Gasteiger partial charge in [-0.2, -0.15) is 0 Å². The summed E-state index contributed by atoms with van der Waals surface area (Å²) in [6.07, 6.45) is -0.280. The van der Waals surface area contributed by atoms with Crippen molar-refractivity contribution in [1.29, 1.82) is 0 Å². The first kappa shape index (κ1) is 20.3. The molecule has 0 unspecified atom stereocenters. The lowest BCUT2D eigenvalue weighted by atomic mass is 10.2. The van der Waals surface area contributed by atoms with Gasteiger partial charge in [-0.25, -0.2) is 4.79 Å². The quantitative estimate of drug-likeness (QED) is 0.272. The third-order valence-corrected chi connectivity index (χ3v) is 9.41. The Balaban J connectivity index is 2.09. The molecule has 0 bridgehead atoms. The van der Waals surface area contributed by atoms with Gasteiger partial charge in [0.25, 0.3) is 0 Å². The summed E-state index contributed by atoms with van der Waals surface area (Å²) in [5.74, 6) is -1.78. The van der Waals surface area contributed by atoms with Crippen LogP contribution >= 0.6 is 0 Å². The van der Waals surface area contributed by atoms with Crippen LogP contribution in [0.15, 0.2) is 103 Å². The van der Waals surface area contributed by atoms with Crippen LogP contribution in [0.2, 0.25) is 0 Å². The van der Waals surface area contributed by atoms with Gasteiger partial charge in [-0.3, -0.25) is 4.79 Å². The molecule has 0 aliphatic heterocycles. The maximum absolute atomic E-state index is 12.5. The molecule has 0 fully saturated rings. The van der Waals surface area contributed by atoms with Gasteiger partial charge in [0.1, 0.15) is 0 Å². The zero-order chi connectivity index (χ0) is 20.7. The van der Waals surface area contributed by atoms with Crippen LogP contribution in [0.3, 0.4) is 0 Å². The number of benzene rings is 3. The molecule has 0 amide bonds. The Morgan fingerprint density at radius 3 is 1.48 bits per heavy atom. The molecule has 5 heteroatoms. The standard InChI is InChI=1S/C24H22O4Si/c1-19(17-23(25)26)24(27)28-18-29(20-11-5-2-6-12-20,21-13-7-3-8-14-21)22-15-9-4-10-16-22/h2-16H,1,17-18H2,(H,25,26). The fraction of sp³-hybridized carbons (Fsp3) is 0.0833. The Hall–Kier alpha value is -3.44. The summed E-state index contributed by atoms with van der Waals surface area (Å²) < 4.78 is 5.69. The van der Waals surface area contributed by atoms with Crippen molar-refractivity contribution in [2.24, 2.45) is 0 Å². The zero-order valence-corrected chi connectivity index (χ0v) is 17.0. The number of carbonyl (C=O) groups excluding carboxylic acids is 1. The summed E-state index contributed by atoms with van der Waals surface area (Å²) in [5.41, 5.74) is -0.0606. The van der Waals surface area contributed by atoms with Gasteiger partial charge in [0.2, 0.25) is 0 Å². The molecule has 0 heterocycles. The van der Waals surface area contributed by atoms with Crippen LogP contribution in [0.4, 0.5) is 0 Å². The highest BCUT2D eigenvalue weighted by Gasteiger charge is 2.41. The summed E-state index contributed by atoms with van der Waals surface area (Å²) in [5, 5.41) is 12.3. The van der Waals surface area contributed by atoms with Gasteiger partial charge in [-0.1, -0.05) is 97.6 Å². The molecule has 146 valence electrons. The number of carboxylic acids is 1. The van der Waals surface area contributed by atoms with Gasteiger partial charge in [0.05, 0.1) is 12.7 Å². The van der Waals surface area contributed by atoms with E-state index in [0.717, 1.165) is 15.6 Å². The average Bonchev–Trinajstić information content (AvgIpc) is 2.76. The Morgan fingerprint density at radius 2 is 1.14 bits per heavy atom. The minimum Gasteiger partial charge on any atom is -0.481 e. The third-order valence-electron chi connectivity index (χ3n) is 4.87. The number of aliphatic carboxylic acids is 1. The van der Waals surface area contributed by atoms with Crippen molar-refractivity contribution in [3.05, 3.63) is 103 Å². The fourth-order valence-electron chi connectivity index (χ4n) is 3.45. The lowest BCUT2D eigenvalue weighted by molar-refractivity contribution is -0.141. The SMILES string of the molecule is C=C(CC(=O)O)C(=O)OC[Si](c1ccccc1)(c1ccccc1)c1ccccc1. The van der Waals surface area contributed by atoms with Crippen LogP contribution in [0, 0.1) is 0 Å².